The van der Waals surface area contributed by atoms with Gasteiger partial charge in [0, 0.05) is 30.6 Å². The maximum Gasteiger partial charge on any atom is 0.463 e. The van der Waals surface area contributed by atoms with Gasteiger partial charge in [0.15, 0.2) is 5.78 Å². The first-order valence-corrected chi connectivity index (χ1v) is 12.3. The predicted octanol–water partition coefficient (Wildman–Crippen LogP) is 4.42. The van der Waals surface area contributed by atoms with Crippen LogP contribution in [0.3, 0.4) is 0 Å². The Kier molecular flexibility index (Phi) is 4.76. The van der Waals surface area contributed by atoms with Crippen LogP contribution in [0.1, 0.15) is 86.0 Å². The predicted molar refractivity (Wildman–Crippen MR) is 117 cm³/mol. The standard InChI is InChI=1S/C25H37BO5/c1-22(2,3)26-30-14-20(29)25(31-26)11-9-18-17-7-6-15-12-16(27)8-10-23(15,4)21(17)19(28)13-24(18,25)5/h15,17-18,21H,6-14H2,1-5H3/t15-,17+,18+,21-,23+,24+,25+/m1/s1. The lowest BCUT2D eigenvalue weighted by Gasteiger charge is -2.60. The van der Waals surface area contributed by atoms with Gasteiger partial charge < -0.3 is 9.31 Å². The van der Waals surface area contributed by atoms with Crippen molar-refractivity contribution >= 4 is 24.5 Å². The highest BCUT2D eigenvalue weighted by molar-refractivity contribution is 6.49. The van der Waals surface area contributed by atoms with E-state index in [-0.39, 0.29) is 29.0 Å². The molecule has 0 aromatic carbocycles. The Hall–Kier alpha value is -1.01. The molecule has 7 atom stereocenters. The van der Waals surface area contributed by atoms with Crippen LogP contribution < -0.4 is 0 Å². The Morgan fingerprint density at radius 3 is 2.48 bits per heavy atom. The van der Waals surface area contributed by atoms with Gasteiger partial charge in [0.1, 0.15) is 17.2 Å². The second-order valence-corrected chi connectivity index (χ2v) is 12.7. The summed E-state index contributed by atoms with van der Waals surface area (Å²) < 4.78 is 12.4. The third-order valence-corrected chi connectivity index (χ3v) is 10.1. The van der Waals surface area contributed by atoms with Crippen molar-refractivity contribution in [3.8, 4) is 0 Å². The molecule has 0 N–H and O–H groups in total. The van der Waals surface area contributed by atoms with Crippen molar-refractivity contribution in [2.24, 2.45) is 34.5 Å². The van der Waals surface area contributed by atoms with E-state index in [4.69, 9.17) is 9.31 Å². The summed E-state index contributed by atoms with van der Waals surface area (Å²) in [4.78, 5) is 39.3. The number of rotatable bonds is 0. The topological polar surface area (TPSA) is 69.7 Å². The van der Waals surface area contributed by atoms with Crippen LogP contribution >= 0.6 is 0 Å². The van der Waals surface area contributed by atoms with Gasteiger partial charge in [-0.25, -0.2) is 0 Å². The highest BCUT2D eigenvalue weighted by Crippen LogP contribution is 2.68. The third-order valence-electron chi connectivity index (χ3n) is 10.1. The van der Waals surface area contributed by atoms with Crippen molar-refractivity contribution < 1.29 is 23.7 Å². The molecule has 0 amide bonds. The number of hydrogen-bond acceptors (Lipinski definition) is 5. The summed E-state index contributed by atoms with van der Waals surface area (Å²) in [6.45, 7) is 10.7. The van der Waals surface area contributed by atoms with Gasteiger partial charge >= 0.3 is 7.12 Å². The maximum atomic E-state index is 13.8. The Balaban J connectivity index is 1.51. The fourth-order valence-corrected chi connectivity index (χ4v) is 8.48. The van der Waals surface area contributed by atoms with Gasteiger partial charge in [0.2, 0.25) is 0 Å². The van der Waals surface area contributed by atoms with E-state index in [1.165, 1.54) is 0 Å². The van der Waals surface area contributed by atoms with Crippen LogP contribution in [0.2, 0.25) is 5.31 Å². The first-order chi connectivity index (χ1) is 14.4. The van der Waals surface area contributed by atoms with Gasteiger partial charge in [-0.1, -0.05) is 34.6 Å². The van der Waals surface area contributed by atoms with Crippen molar-refractivity contribution in [2.75, 3.05) is 6.61 Å². The van der Waals surface area contributed by atoms with Crippen LogP contribution in [0.5, 0.6) is 0 Å². The summed E-state index contributed by atoms with van der Waals surface area (Å²) in [5.41, 5.74) is -1.45. The average Bonchev–Trinajstić information content (AvgIpc) is 2.96. The number of ketones is 3. The molecule has 0 unspecified atom stereocenters. The van der Waals surface area contributed by atoms with Crippen molar-refractivity contribution in [3.05, 3.63) is 0 Å². The Bertz CT molecular complexity index is 832. The fourth-order valence-electron chi connectivity index (χ4n) is 8.48. The molecule has 1 saturated heterocycles. The number of carbonyl (C=O) groups is 3. The van der Waals surface area contributed by atoms with E-state index in [9.17, 15) is 14.4 Å². The minimum absolute atomic E-state index is 0.0208. The van der Waals surface area contributed by atoms with Crippen LogP contribution in [-0.2, 0) is 23.7 Å². The summed E-state index contributed by atoms with van der Waals surface area (Å²) in [6.07, 6.45) is 6.16. The Morgan fingerprint density at radius 1 is 1.03 bits per heavy atom. The normalized spacial score (nSPS) is 47.9. The molecule has 1 aliphatic heterocycles. The van der Waals surface area contributed by atoms with E-state index in [0.717, 1.165) is 25.7 Å². The van der Waals surface area contributed by atoms with Crippen molar-refractivity contribution in [3.63, 3.8) is 0 Å². The van der Waals surface area contributed by atoms with Crippen molar-refractivity contribution in [1.82, 2.24) is 0 Å². The zero-order valence-corrected chi connectivity index (χ0v) is 19.8. The largest absolute Gasteiger partial charge is 0.463 e. The van der Waals surface area contributed by atoms with Gasteiger partial charge in [-0.15, -0.1) is 0 Å². The molecule has 5 aliphatic rings. The molecular formula is C25H37BO5. The molecule has 0 aromatic heterocycles. The van der Waals surface area contributed by atoms with E-state index in [1.807, 2.05) is 0 Å². The van der Waals surface area contributed by atoms with E-state index in [2.05, 4.69) is 34.6 Å². The lowest BCUT2D eigenvalue weighted by atomic mass is 9.43. The molecule has 6 heteroatoms. The maximum absolute atomic E-state index is 13.8. The van der Waals surface area contributed by atoms with E-state index >= 15 is 0 Å². The summed E-state index contributed by atoms with van der Waals surface area (Å²) in [6, 6.07) is 0. The zero-order chi connectivity index (χ0) is 22.4. The van der Waals surface area contributed by atoms with Gasteiger partial charge in [-0.2, -0.15) is 0 Å². The van der Waals surface area contributed by atoms with Crippen LogP contribution in [0.25, 0.3) is 0 Å². The zero-order valence-electron chi connectivity index (χ0n) is 19.8. The van der Waals surface area contributed by atoms with Gasteiger partial charge in [-0.3, -0.25) is 14.4 Å². The van der Waals surface area contributed by atoms with E-state index < -0.39 is 18.1 Å². The highest BCUT2D eigenvalue weighted by Gasteiger charge is 2.71. The van der Waals surface area contributed by atoms with E-state index in [1.54, 1.807) is 0 Å². The van der Waals surface area contributed by atoms with E-state index in [0.29, 0.717) is 55.0 Å². The van der Waals surface area contributed by atoms with Crippen molar-refractivity contribution in [1.29, 1.82) is 0 Å². The first-order valence-electron chi connectivity index (χ1n) is 12.3. The average molecular weight is 428 g/mol. The molecule has 5 nitrogen and oxygen atoms in total. The molecule has 0 radical (unpaired) electrons. The van der Waals surface area contributed by atoms with Crippen LogP contribution in [0, 0.1) is 34.5 Å². The second kappa shape index (κ2) is 6.76. The lowest BCUT2D eigenvalue weighted by molar-refractivity contribution is -0.181. The fraction of sp³-hybridized carbons (Fsp3) is 0.880. The summed E-state index contributed by atoms with van der Waals surface area (Å²) in [5.74, 6) is 1.67. The smallest absolute Gasteiger partial charge is 0.403 e. The molecule has 31 heavy (non-hydrogen) atoms. The summed E-state index contributed by atoms with van der Waals surface area (Å²) in [7, 11) is -0.439. The number of carbonyl (C=O) groups excluding carboxylic acids is 3. The number of hydrogen-bond donors (Lipinski definition) is 0. The third kappa shape index (κ3) is 2.86. The minimum Gasteiger partial charge on any atom is -0.403 e. The van der Waals surface area contributed by atoms with Gasteiger partial charge in [0.25, 0.3) is 0 Å². The Labute approximate surface area is 186 Å². The minimum atomic E-state index is -0.908. The van der Waals surface area contributed by atoms with Crippen LogP contribution in [0.15, 0.2) is 0 Å². The first kappa shape index (κ1) is 21.8. The molecule has 0 bridgehead atoms. The quantitative estimate of drug-likeness (QED) is 0.535. The van der Waals surface area contributed by atoms with Crippen molar-refractivity contribution in [2.45, 2.75) is 96.9 Å². The molecule has 4 aliphatic carbocycles. The molecule has 5 fully saturated rings. The number of Topliss-reactive ketones (excluding diaryl/α,β-unsaturated/α-hetero) is 3. The molecular weight excluding hydrogens is 391 g/mol. The molecule has 4 saturated carbocycles. The summed E-state index contributed by atoms with van der Waals surface area (Å²) >= 11 is 0. The molecule has 5 rings (SSSR count). The molecule has 1 spiro atoms. The molecule has 1 heterocycles. The molecule has 0 aromatic rings. The SMILES string of the molecule is CC(C)(C)B1OCC(=O)[C@]2(CC[C@H]3[C@@H]4CC[C@@H]5CC(=O)CC[C@]5(C)[C@H]4C(=O)C[C@@]32C)O1. The monoisotopic (exact) mass is 428 g/mol. The lowest BCUT2D eigenvalue weighted by Crippen LogP contribution is -2.66. The van der Waals surface area contributed by atoms with Crippen LogP contribution in [-0.4, -0.2) is 36.7 Å². The molecule has 170 valence electrons. The Morgan fingerprint density at radius 2 is 1.77 bits per heavy atom. The highest BCUT2D eigenvalue weighted by atomic mass is 16.6. The van der Waals surface area contributed by atoms with Crippen LogP contribution in [0.4, 0.5) is 0 Å². The summed E-state index contributed by atoms with van der Waals surface area (Å²) in [5, 5.41) is -0.233. The van der Waals surface area contributed by atoms with Gasteiger partial charge in [-0.05, 0) is 60.6 Å². The second-order valence-electron chi connectivity index (χ2n) is 12.7. The van der Waals surface area contributed by atoms with Gasteiger partial charge in [0.05, 0.1) is 6.61 Å². The number of fused-ring (bicyclic) bond motifs is 6.